The number of carbonyl (C=O) groups is 1. The number of Topliss-reactive ketones (excluding diaryl/α,β-unsaturated/α-hetero) is 1. The SMILES string of the molecule is O=C1CCC1Cc1ccccc1. The van der Waals surface area contributed by atoms with Crippen LogP contribution in [0.25, 0.3) is 0 Å². The summed E-state index contributed by atoms with van der Waals surface area (Å²) in [5.41, 5.74) is 1.29. The molecular weight excluding hydrogens is 148 g/mol. The summed E-state index contributed by atoms with van der Waals surface area (Å²) in [7, 11) is 0. The average Bonchev–Trinajstić information content (AvgIpc) is 2.14. The van der Waals surface area contributed by atoms with Crippen LogP contribution in [0.15, 0.2) is 30.3 Å². The van der Waals surface area contributed by atoms with Gasteiger partial charge < -0.3 is 0 Å². The number of ketones is 1. The molecule has 1 aliphatic rings. The van der Waals surface area contributed by atoms with Gasteiger partial charge in [-0.2, -0.15) is 0 Å². The van der Waals surface area contributed by atoms with Crippen molar-refractivity contribution < 1.29 is 4.79 Å². The summed E-state index contributed by atoms with van der Waals surface area (Å²) in [4.78, 5) is 11.0. The Balaban J connectivity index is 2.00. The summed E-state index contributed by atoms with van der Waals surface area (Å²) in [6.45, 7) is 0. The van der Waals surface area contributed by atoms with Crippen LogP contribution in [-0.4, -0.2) is 5.78 Å². The van der Waals surface area contributed by atoms with Crippen LogP contribution in [0, 0.1) is 5.92 Å². The van der Waals surface area contributed by atoms with Crippen molar-refractivity contribution in [1.82, 2.24) is 0 Å². The second-order valence-corrected chi connectivity index (χ2v) is 3.39. The fourth-order valence-electron chi connectivity index (χ4n) is 1.58. The molecule has 2 rings (SSSR count). The predicted molar refractivity (Wildman–Crippen MR) is 47.9 cm³/mol. The number of carbonyl (C=O) groups excluding carboxylic acids is 1. The molecule has 1 atom stereocenters. The molecule has 0 N–H and O–H groups in total. The lowest BCUT2D eigenvalue weighted by molar-refractivity contribution is -0.129. The zero-order valence-electron chi connectivity index (χ0n) is 6.99. The first kappa shape index (κ1) is 7.53. The molecule has 0 amide bonds. The number of hydrogen-bond donors (Lipinski definition) is 0. The lowest BCUT2D eigenvalue weighted by Gasteiger charge is -2.23. The van der Waals surface area contributed by atoms with Crippen molar-refractivity contribution in [3.05, 3.63) is 35.9 Å². The molecule has 0 heterocycles. The van der Waals surface area contributed by atoms with Crippen molar-refractivity contribution in [3.8, 4) is 0 Å². The molecule has 0 radical (unpaired) electrons. The van der Waals surface area contributed by atoms with E-state index in [4.69, 9.17) is 0 Å². The lowest BCUT2D eigenvalue weighted by Crippen LogP contribution is -2.27. The number of benzene rings is 1. The van der Waals surface area contributed by atoms with Gasteiger partial charge in [0, 0.05) is 12.3 Å². The first-order valence-electron chi connectivity index (χ1n) is 4.43. The van der Waals surface area contributed by atoms with Gasteiger partial charge in [0.15, 0.2) is 0 Å². The minimum atomic E-state index is 0.326. The maximum Gasteiger partial charge on any atom is 0.136 e. The highest BCUT2D eigenvalue weighted by Crippen LogP contribution is 2.25. The Morgan fingerprint density at radius 1 is 1.25 bits per heavy atom. The molecule has 1 saturated carbocycles. The Morgan fingerprint density at radius 3 is 2.50 bits per heavy atom. The van der Waals surface area contributed by atoms with Gasteiger partial charge in [-0.1, -0.05) is 30.3 Å². The second kappa shape index (κ2) is 3.10. The van der Waals surface area contributed by atoms with Crippen LogP contribution in [0.2, 0.25) is 0 Å². The largest absolute Gasteiger partial charge is 0.299 e. The molecule has 0 aliphatic heterocycles. The monoisotopic (exact) mass is 160 g/mol. The minimum Gasteiger partial charge on any atom is -0.299 e. The van der Waals surface area contributed by atoms with Crippen LogP contribution in [-0.2, 0) is 11.2 Å². The fourth-order valence-corrected chi connectivity index (χ4v) is 1.58. The van der Waals surface area contributed by atoms with Gasteiger partial charge >= 0.3 is 0 Å². The zero-order valence-corrected chi connectivity index (χ0v) is 6.99. The molecule has 1 unspecified atom stereocenters. The Hall–Kier alpha value is -1.11. The van der Waals surface area contributed by atoms with E-state index in [1.54, 1.807) is 0 Å². The van der Waals surface area contributed by atoms with Gasteiger partial charge in [0.05, 0.1) is 0 Å². The highest BCUT2D eigenvalue weighted by atomic mass is 16.1. The number of hydrogen-bond acceptors (Lipinski definition) is 1. The van der Waals surface area contributed by atoms with Crippen LogP contribution in [0.1, 0.15) is 18.4 Å². The summed E-state index contributed by atoms with van der Waals surface area (Å²) in [6, 6.07) is 10.2. The van der Waals surface area contributed by atoms with Crippen molar-refractivity contribution >= 4 is 5.78 Å². The van der Waals surface area contributed by atoms with E-state index in [1.807, 2.05) is 18.2 Å². The van der Waals surface area contributed by atoms with Gasteiger partial charge in [0.25, 0.3) is 0 Å². The van der Waals surface area contributed by atoms with Crippen LogP contribution < -0.4 is 0 Å². The Morgan fingerprint density at radius 2 is 2.00 bits per heavy atom. The van der Waals surface area contributed by atoms with Crippen molar-refractivity contribution in [1.29, 1.82) is 0 Å². The van der Waals surface area contributed by atoms with Gasteiger partial charge in [-0.05, 0) is 18.4 Å². The second-order valence-electron chi connectivity index (χ2n) is 3.39. The van der Waals surface area contributed by atoms with E-state index in [0.29, 0.717) is 11.7 Å². The van der Waals surface area contributed by atoms with Gasteiger partial charge in [0.2, 0.25) is 0 Å². The van der Waals surface area contributed by atoms with Crippen molar-refractivity contribution in [2.45, 2.75) is 19.3 Å². The topological polar surface area (TPSA) is 17.1 Å². The first-order valence-corrected chi connectivity index (χ1v) is 4.43. The molecule has 0 saturated heterocycles. The maximum atomic E-state index is 11.0. The standard InChI is InChI=1S/C11H12O/c12-11-7-6-10(11)8-9-4-2-1-3-5-9/h1-5,10H,6-8H2. The fraction of sp³-hybridized carbons (Fsp3) is 0.364. The first-order chi connectivity index (χ1) is 5.86. The predicted octanol–water partition coefficient (Wildman–Crippen LogP) is 2.21. The molecule has 1 aromatic rings. The van der Waals surface area contributed by atoms with E-state index in [-0.39, 0.29) is 0 Å². The van der Waals surface area contributed by atoms with Crippen LogP contribution >= 0.6 is 0 Å². The van der Waals surface area contributed by atoms with E-state index >= 15 is 0 Å². The normalized spacial score (nSPS) is 22.0. The molecule has 0 bridgehead atoms. The summed E-state index contributed by atoms with van der Waals surface area (Å²) >= 11 is 0. The van der Waals surface area contributed by atoms with E-state index in [2.05, 4.69) is 12.1 Å². The summed E-state index contributed by atoms with van der Waals surface area (Å²) in [6.07, 6.45) is 2.84. The Bertz CT molecular complexity index is 276. The van der Waals surface area contributed by atoms with E-state index in [0.717, 1.165) is 19.3 Å². The molecule has 0 aromatic heterocycles. The molecule has 1 fully saturated rings. The zero-order chi connectivity index (χ0) is 8.39. The van der Waals surface area contributed by atoms with Crippen LogP contribution in [0.3, 0.4) is 0 Å². The molecule has 1 aromatic carbocycles. The van der Waals surface area contributed by atoms with E-state index in [9.17, 15) is 4.79 Å². The van der Waals surface area contributed by atoms with Gasteiger partial charge in [0.1, 0.15) is 5.78 Å². The third kappa shape index (κ3) is 1.40. The van der Waals surface area contributed by atoms with Gasteiger partial charge in [-0.15, -0.1) is 0 Å². The molecule has 0 spiro atoms. The number of rotatable bonds is 2. The maximum absolute atomic E-state index is 11.0. The van der Waals surface area contributed by atoms with Gasteiger partial charge in [-0.25, -0.2) is 0 Å². The molecular formula is C11H12O. The average molecular weight is 160 g/mol. The van der Waals surface area contributed by atoms with Crippen LogP contribution in [0.4, 0.5) is 0 Å². The third-order valence-corrected chi connectivity index (χ3v) is 2.52. The summed E-state index contributed by atoms with van der Waals surface area (Å²) in [5, 5.41) is 0. The van der Waals surface area contributed by atoms with E-state index < -0.39 is 0 Å². The summed E-state index contributed by atoms with van der Waals surface area (Å²) in [5.74, 6) is 0.770. The van der Waals surface area contributed by atoms with Crippen molar-refractivity contribution in [3.63, 3.8) is 0 Å². The minimum absolute atomic E-state index is 0.326. The molecule has 1 nitrogen and oxygen atoms in total. The Labute approximate surface area is 72.4 Å². The van der Waals surface area contributed by atoms with E-state index in [1.165, 1.54) is 5.56 Å². The summed E-state index contributed by atoms with van der Waals surface area (Å²) < 4.78 is 0. The highest BCUT2D eigenvalue weighted by molar-refractivity contribution is 5.86. The third-order valence-electron chi connectivity index (χ3n) is 2.52. The van der Waals surface area contributed by atoms with Crippen LogP contribution in [0.5, 0.6) is 0 Å². The van der Waals surface area contributed by atoms with Gasteiger partial charge in [-0.3, -0.25) is 4.79 Å². The molecule has 1 heteroatoms. The molecule has 12 heavy (non-hydrogen) atoms. The molecule has 1 aliphatic carbocycles. The molecule has 62 valence electrons. The van der Waals surface area contributed by atoms with Crippen molar-refractivity contribution in [2.24, 2.45) is 5.92 Å². The quantitative estimate of drug-likeness (QED) is 0.648. The lowest BCUT2D eigenvalue weighted by atomic mass is 9.79. The highest BCUT2D eigenvalue weighted by Gasteiger charge is 2.27. The Kier molecular flexibility index (Phi) is 1.94. The van der Waals surface area contributed by atoms with Crippen molar-refractivity contribution in [2.75, 3.05) is 0 Å². The smallest absolute Gasteiger partial charge is 0.136 e.